The minimum Gasteiger partial charge on any atom is -0.469 e. The lowest BCUT2D eigenvalue weighted by molar-refractivity contribution is -0.139. The number of hydrogen-bond acceptors (Lipinski definition) is 4. The minimum absolute atomic E-state index is 0.210. The van der Waals surface area contributed by atoms with Gasteiger partial charge in [0.05, 0.1) is 13.5 Å². The smallest absolute Gasteiger partial charge is 0.310 e. The summed E-state index contributed by atoms with van der Waals surface area (Å²) >= 11 is 7.73. The fourth-order valence-electron chi connectivity index (χ4n) is 1.46. The van der Waals surface area contributed by atoms with E-state index in [9.17, 15) is 4.79 Å². The van der Waals surface area contributed by atoms with E-state index in [2.05, 4.69) is 10.1 Å². The molecule has 0 amide bonds. The Balaban J connectivity index is 0.000000333. The SMILES string of the molecule is CCNc1ccc(CC(=O)OC)c(Cl)c1.c1ccsc1. The highest BCUT2D eigenvalue weighted by Crippen LogP contribution is 2.21. The normalized spacial score (nSPS) is 9.35. The van der Waals surface area contributed by atoms with Crippen LogP contribution >= 0.6 is 22.9 Å². The van der Waals surface area contributed by atoms with Crippen LogP contribution in [0.4, 0.5) is 5.69 Å². The van der Waals surface area contributed by atoms with Crippen LogP contribution in [0.5, 0.6) is 0 Å². The van der Waals surface area contributed by atoms with Gasteiger partial charge in [0.1, 0.15) is 0 Å². The molecule has 1 heterocycles. The number of esters is 1. The van der Waals surface area contributed by atoms with Crippen LogP contribution in [0.3, 0.4) is 0 Å². The van der Waals surface area contributed by atoms with Crippen molar-refractivity contribution >= 4 is 34.6 Å². The third-order valence-corrected chi connectivity index (χ3v) is 3.40. The first-order chi connectivity index (χ1) is 9.67. The Morgan fingerprint density at radius 3 is 2.50 bits per heavy atom. The predicted molar refractivity (Wildman–Crippen MR) is 85.7 cm³/mol. The molecule has 0 aliphatic carbocycles. The van der Waals surface area contributed by atoms with Gasteiger partial charge in [-0.1, -0.05) is 29.8 Å². The summed E-state index contributed by atoms with van der Waals surface area (Å²) in [4.78, 5) is 11.0. The molecule has 0 aliphatic heterocycles. The first-order valence-electron chi connectivity index (χ1n) is 6.23. The standard InChI is InChI=1S/C11H14ClNO2.C4H4S/c1-3-13-9-5-4-8(10(12)7-9)6-11(14)15-2;1-2-4-5-3-1/h4-5,7,13H,3,6H2,1-2H3;1-4H. The molecule has 108 valence electrons. The largest absolute Gasteiger partial charge is 0.469 e. The highest BCUT2D eigenvalue weighted by atomic mass is 35.5. The molecular weight excluding hydrogens is 294 g/mol. The average molecular weight is 312 g/mol. The molecule has 0 aliphatic rings. The van der Waals surface area contributed by atoms with E-state index in [0.717, 1.165) is 17.8 Å². The van der Waals surface area contributed by atoms with Gasteiger partial charge in [-0.05, 0) is 35.4 Å². The van der Waals surface area contributed by atoms with E-state index in [1.165, 1.54) is 7.11 Å². The lowest BCUT2D eigenvalue weighted by atomic mass is 10.1. The van der Waals surface area contributed by atoms with E-state index in [1.54, 1.807) is 11.3 Å². The molecule has 3 nitrogen and oxygen atoms in total. The van der Waals surface area contributed by atoms with E-state index in [4.69, 9.17) is 11.6 Å². The van der Waals surface area contributed by atoms with Crippen molar-refractivity contribution in [1.29, 1.82) is 0 Å². The third-order valence-electron chi connectivity index (χ3n) is 2.42. The number of carbonyl (C=O) groups excluding carboxylic acids is 1. The van der Waals surface area contributed by atoms with Crippen LogP contribution in [0, 0.1) is 0 Å². The number of methoxy groups -OCH3 is 1. The lowest BCUT2D eigenvalue weighted by Gasteiger charge is -2.07. The van der Waals surface area contributed by atoms with Gasteiger partial charge >= 0.3 is 5.97 Å². The Kier molecular flexibility index (Phi) is 7.77. The number of halogens is 1. The quantitative estimate of drug-likeness (QED) is 0.858. The number of hydrogen-bond donors (Lipinski definition) is 1. The van der Waals surface area contributed by atoms with Crippen LogP contribution in [-0.2, 0) is 16.0 Å². The van der Waals surface area contributed by atoms with Crippen molar-refractivity contribution in [2.24, 2.45) is 0 Å². The topological polar surface area (TPSA) is 38.3 Å². The summed E-state index contributed by atoms with van der Waals surface area (Å²) in [6, 6.07) is 9.57. The Labute approximate surface area is 128 Å². The molecule has 20 heavy (non-hydrogen) atoms. The van der Waals surface area contributed by atoms with Crippen molar-refractivity contribution in [2.45, 2.75) is 13.3 Å². The van der Waals surface area contributed by atoms with Gasteiger partial charge in [-0.25, -0.2) is 0 Å². The van der Waals surface area contributed by atoms with Crippen molar-refractivity contribution in [1.82, 2.24) is 0 Å². The summed E-state index contributed by atoms with van der Waals surface area (Å²) in [5, 5.41) is 7.81. The number of thiophene rings is 1. The Morgan fingerprint density at radius 2 is 2.05 bits per heavy atom. The first-order valence-corrected chi connectivity index (χ1v) is 7.55. The van der Waals surface area contributed by atoms with Gasteiger partial charge < -0.3 is 10.1 Å². The van der Waals surface area contributed by atoms with E-state index in [0.29, 0.717) is 5.02 Å². The van der Waals surface area contributed by atoms with Crippen molar-refractivity contribution < 1.29 is 9.53 Å². The van der Waals surface area contributed by atoms with Crippen LogP contribution in [0.25, 0.3) is 0 Å². The number of nitrogens with one attached hydrogen (secondary N) is 1. The van der Waals surface area contributed by atoms with Crippen LogP contribution in [-0.4, -0.2) is 19.6 Å². The molecule has 0 unspecified atom stereocenters. The molecule has 0 bridgehead atoms. The van der Waals surface area contributed by atoms with Gasteiger partial charge in [-0.15, -0.1) is 0 Å². The van der Waals surface area contributed by atoms with E-state index >= 15 is 0 Å². The lowest BCUT2D eigenvalue weighted by Crippen LogP contribution is -2.05. The molecule has 1 N–H and O–H groups in total. The summed E-state index contributed by atoms with van der Waals surface area (Å²) in [6.07, 6.45) is 0.210. The number of carbonyl (C=O) groups is 1. The van der Waals surface area contributed by atoms with Gasteiger partial charge in [-0.2, -0.15) is 11.3 Å². The van der Waals surface area contributed by atoms with E-state index < -0.39 is 0 Å². The predicted octanol–water partition coefficient (Wildman–Crippen LogP) is 4.24. The van der Waals surface area contributed by atoms with Crippen molar-refractivity contribution in [3.05, 3.63) is 51.7 Å². The maximum Gasteiger partial charge on any atom is 0.310 e. The zero-order valence-corrected chi connectivity index (χ0v) is 13.1. The summed E-state index contributed by atoms with van der Waals surface area (Å²) in [5.74, 6) is -0.284. The minimum atomic E-state index is -0.284. The maximum atomic E-state index is 11.0. The molecule has 0 atom stereocenters. The van der Waals surface area contributed by atoms with Gasteiger partial charge in [0.15, 0.2) is 0 Å². The summed E-state index contributed by atoms with van der Waals surface area (Å²) in [6.45, 7) is 2.85. The fourth-order valence-corrected chi connectivity index (χ4v) is 2.16. The van der Waals surface area contributed by atoms with E-state index in [-0.39, 0.29) is 12.4 Å². The Hall–Kier alpha value is -1.52. The van der Waals surface area contributed by atoms with Crippen LogP contribution in [0.2, 0.25) is 5.02 Å². The molecule has 2 aromatic rings. The molecule has 0 fully saturated rings. The monoisotopic (exact) mass is 311 g/mol. The van der Waals surface area contributed by atoms with Crippen molar-refractivity contribution in [2.75, 3.05) is 19.0 Å². The van der Waals surface area contributed by atoms with Crippen LogP contribution < -0.4 is 5.32 Å². The van der Waals surface area contributed by atoms with Gasteiger partial charge in [-0.3, -0.25) is 4.79 Å². The first kappa shape index (κ1) is 16.5. The molecular formula is C15H18ClNO2S. The highest BCUT2D eigenvalue weighted by Gasteiger charge is 2.07. The number of rotatable bonds is 4. The number of benzene rings is 1. The zero-order valence-electron chi connectivity index (χ0n) is 11.6. The van der Waals surface area contributed by atoms with Crippen LogP contribution in [0.15, 0.2) is 41.1 Å². The Morgan fingerprint density at radius 1 is 1.35 bits per heavy atom. The molecule has 1 aromatic heterocycles. The van der Waals surface area contributed by atoms with E-state index in [1.807, 2.05) is 48.0 Å². The molecule has 1 aromatic carbocycles. The second-order valence-electron chi connectivity index (χ2n) is 3.88. The number of anilines is 1. The van der Waals surface area contributed by atoms with Crippen molar-refractivity contribution in [3.63, 3.8) is 0 Å². The molecule has 0 saturated heterocycles. The summed E-state index contributed by atoms with van der Waals surface area (Å²) < 4.78 is 4.57. The van der Waals surface area contributed by atoms with Gasteiger partial charge in [0.25, 0.3) is 0 Å². The van der Waals surface area contributed by atoms with Gasteiger partial charge in [0.2, 0.25) is 0 Å². The molecule has 5 heteroatoms. The second-order valence-corrected chi connectivity index (χ2v) is 5.11. The second kappa shape index (κ2) is 9.39. The van der Waals surface area contributed by atoms with Gasteiger partial charge in [0, 0.05) is 17.3 Å². The zero-order chi connectivity index (χ0) is 14.8. The summed E-state index contributed by atoms with van der Waals surface area (Å²) in [7, 11) is 1.36. The maximum absolute atomic E-state index is 11.0. The molecule has 2 rings (SSSR count). The molecule has 0 radical (unpaired) electrons. The fraction of sp³-hybridized carbons (Fsp3) is 0.267. The summed E-state index contributed by atoms with van der Waals surface area (Å²) in [5.41, 5.74) is 1.74. The van der Waals surface area contributed by atoms with Crippen LogP contribution in [0.1, 0.15) is 12.5 Å². The van der Waals surface area contributed by atoms with Crippen molar-refractivity contribution in [3.8, 4) is 0 Å². The molecule has 0 spiro atoms. The Bertz CT molecular complexity index is 497. The molecule has 0 saturated carbocycles. The number of ether oxygens (including phenoxy) is 1. The average Bonchev–Trinajstić information content (AvgIpc) is 3.01. The highest BCUT2D eigenvalue weighted by molar-refractivity contribution is 7.07. The third kappa shape index (κ3) is 6.08.